The summed E-state index contributed by atoms with van der Waals surface area (Å²) < 4.78 is 0. The molecule has 0 saturated carbocycles. The van der Waals surface area contributed by atoms with Gasteiger partial charge in [0.2, 0.25) is 0 Å². The Kier molecular flexibility index (Phi) is 5.84. The summed E-state index contributed by atoms with van der Waals surface area (Å²) in [5.74, 6) is 0.664. The van der Waals surface area contributed by atoms with Crippen LogP contribution in [0.25, 0.3) is 10.2 Å². The number of fused-ring (bicyclic) bond motifs is 1. The van der Waals surface area contributed by atoms with Gasteiger partial charge in [0.1, 0.15) is 11.2 Å². The van der Waals surface area contributed by atoms with Crippen LogP contribution in [0.3, 0.4) is 0 Å². The van der Waals surface area contributed by atoms with Gasteiger partial charge >= 0.3 is 0 Å². The molecule has 0 aliphatic heterocycles. The summed E-state index contributed by atoms with van der Waals surface area (Å²) in [6, 6.07) is 10.3. The molecule has 3 rings (SSSR count). The van der Waals surface area contributed by atoms with Gasteiger partial charge in [0.05, 0.1) is 18.2 Å². The van der Waals surface area contributed by atoms with Crippen molar-refractivity contribution in [1.82, 2.24) is 14.9 Å². The van der Waals surface area contributed by atoms with E-state index in [1.165, 1.54) is 11.9 Å². The van der Waals surface area contributed by atoms with Crippen LogP contribution < -0.4 is 5.43 Å². The Hall–Kier alpha value is -2.35. The third-order valence-electron chi connectivity index (χ3n) is 4.23. The van der Waals surface area contributed by atoms with Gasteiger partial charge in [-0.1, -0.05) is 32.0 Å². The number of hydrogen-bond donors (Lipinski definition) is 2. The van der Waals surface area contributed by atoms with Crippen molar-refractivity contribution < 1.29 is 5.11 Å². The predicted molar refractivity (Wildman–Crippen MR) is 113 cm³/mol. The third kappa shape index (κ3) is 4.68. The lowest BCUT2D eigenvalue weighted by atomic mass is 9.93. The number of hydrogen-bond acceptors (Lipinski definition) is 7. The Morgan fingerprint density at radius 1 is 1.26 bits per heavy atom. The van der Waals surface area contributed by atoms with Crippen LogP contribution in [0.2, 0.25) is 0 Å². The molecular weight excluding hydrogens is 358 g/mol. The average Bonchev–Trinajstić information content (AvgIpc) is 3.07. The second kappa shape index (κ2) is 8.12. The van der Waals surface area contributed by atoms with Gasteiger partial charge in [-0.25, -0.2) is 9.97 Å². The van der Waals surface area contributed by atoms with Gasteiger partial charge < -0.3 is 10.0 Å². The number of benzene rings is 1. The van der Waals surface area contributed by atoms with Crippen molar-refractivity contribution >= 4 is 33.6 Å². The van der Waals surface area contributed by atoms with Crippen molar-refractivity contribution in [2.45, 2.75) is 25.8 Å². The standard InChI is InChI=1S/C20H25N5OS/c1-20(2,12-26)17-9-16-18(21-13-22-19(16)27-17)24-23-10-14-6-5-7-15(8-14)11-25(3)4/h5-10,13,26H,11-12H2,1-4H3,(H,21,22,24). The number of rotatable bonds is 7. The quantitative estimate of drug-likeness (QED) is 0.483. The van der Waals surface area contributed by atoms with Gasteiger partial charge in [-0.3, -0.25) is 5.43 Å². The molecule has 7 heteroatoms. The Morgan fingerprint density at radius 2 is 2.07 bits per heavy atom. The molecule has 0 spiro atoms. The molecule has 6 nitrogen and oxygen atoms in total. The molecule has 0 saturated heterocycles. The Labute approximate surface area is 163 Å². The molecule has 0 radical (unpaired) electrons. The number of nitrogens with zero attached hydrogens (tertiary/aromatic N) is 4. The highest BCUT2D eigenvalue weighted by Gasteiger charge is 2.23. The molecule has 0 aliphatic rings. The summed E-state index contributed by atoms with van der Waals surface area (Å²) in [4.78, 5) is 12.8. The fraction of sp³-hybridized carbons (Fsp3) is 0.350. The van der Waals surface area contributed by atoms with Crippen molar-refractivity contribution in [2.24, 2.45) is 5.10 Å². The zero-order valence-corrected chi connectivity index (χ0v) is 16.9. The van der Waals surface area contributed by atoms with Crippen molar-refractivity contribution in [1.29, 1.82) is 0 Å². The monoisotopic (exact) mass is 383 g/mol. The Balaban J connectivity index is 1.80. The number of aromatic nitrogens is 2. The smallest absolute Gasteiger partial charge is 0.158 e. The first kappa shape index (κ1) is 19.4. The average molecular weight is 384 g/mol. The lowest BCUT2D eigenvalue weighted by Crippen LogP contribution is -2.20. The third-order valence-corrected chi connectivity index (χ3v) is 5.63. The number of thiophene rings is 1. The summed E-state index contributed by atoms with van der Waals surface area (Å²) in [6.45, 7) is 4.99. The highest BCUT2D eigenvalue weighted by atomic mass is 32.1. The van der Waals surface area contributed by atoms with E-state index in [0.29, 0.717) is 5.82 Å². The van der Waals surface area contributed by atoms with Crippen LogP contribution in [0.5, 0.6) is 0 Å². The van der Waals surface area contributed by atoms with Gasteiger partial charge in [-0.05, 0) is 37.4 Å². The van der Waals surface area contributed by atoms with Crippen LogP contribution in [0, 0.1) is 0 Å². The first-order chi connectivity index (χ1) is 12.9. The van der Waals surface area contributed by atoms with E-state index < -0.39 is 0 Å². The first-order valence-electron chi connectivity index (χ1n) is 8.78. The van der Waals surface area contributed by atoms with Crippen LogP contribution >= 0.6 is 11.3 Å². The topological polar surface area (TPSA) is 73.6 Å². The maximum Gasteiger partial charge on any atom is 0.158 e. The van der Waals surface area contributed by atoms with E-state index in [2.05, 4.69) is 51.6 Å². The molecule has 0 fully saturated rings. The van der Waals surface area contributed by atoms with Crippen molar-refractivity contribution in [3.05, 3.63) is 52.7 Å². The maximum absolute atomic E-state index is 9.61. The minimum atomic E-state index is -0.307. The van der Waals surface area contributed by atoms with E-state index in [-0.39, 0.29) is 12.0 Å². The molecule has 2 N–H and O–H groups in total. The largest absolute Gasteiger partial charge is 0.395 e. The Bertz CT molecular complexity index is 948. The molecule has 2 aromatic heterocycles. The van der Waals surface area contributed by atoms with E-state index in [0.717, 1.165) is 27.2 Å². The summed E-state index contributed by atoms with van der Waals surface area (Å²) in [5, 5.41) is 14.9. The van der Waals surface area contributed by atoms with Gasteiger partial charge in [-0.15, -0.1) is 11.3 Å². The van der Waals surface area contributed by atoms with Gasteiger partial charge in [0, 0.05) is 16.8 Å². The van der Waals surface area contributed by atoms with Crippen molar-refractivity contribution in [3.8, 4) is 0 Å². The van der Waals surface area contributed by atoms with Gasteiger partial charge in [0.25, 0.3) is 0 Å². The van der Waals surface area contributed by atoms with Crippen LogP contribution in [0.1, 0.15) is 29.9 Å². The molecule has 0 bridgehead atoms. The van der Waals surface area contributed by atoms with Crippen LogP contribution in [0.15, 0.2) is 41.8 Å². The molecule has 3 aromatic rings. The summed E-state index contributed by atoms with van der Waals surface area (Å²) >= 11 is 1.57. The lowest BCUT2D eigenvalue weighted by Gasteiger charge is -2.18. The molecule has 0 unspecified atom stereocenters. The zero-order chi connectivity index (χ0) is 19.4. The van der Waals surface area contributed by atoms with E-state index in [1.54, 1.807) is 17.6 Å². The summed E-state index contributed by atoms with van der Waals surface area (Å²) in [7, 11) is 4.10. The van der Waals surface area contributed by atoms with Crippen LogP contribution in [0.4, 0.5) is 5.82 Å². The van der Waals surface area contributed by atoms with Gasteiger partial charge in [0.15, 0.2) is 5.82 Å². The van der Waals surface area contributed by atoms with E-state index in [9.17, 15) is 5.11 Å². The number of aliphatic hydroxyl groups excluding tert-OH is 1. The highest BCUT2D eigenvalue weighted by Crippen LogP contribution is 2.35. The SMILES string of the molecule is CN(C)Cc1cccc(C=NNc2ncnc3sc(C(C)(C)CO)cc23)c1. The maximum atomic E-state index is 9.61. The number of hydrazone groups is 1. The second-order valence-electron chi connectivity index (χ2n) is 7.45. The van der Waals surface area contributed by atoms with Crippen molar-refractivity contribution in [2.75, 3.05) is 26.1 Å². The van der Waals surface area contributed by atoms with Crippen molar-refractivity contribution in [3.63, 3.8) is 0 Å². The summed E-state index contributed by atoms with van der Waals surface area (Å²) in [6.07, 6.45) is 3.32. The first-order valence-corrected chi connectivity index (χ1v) is 9.59. The fourth-order valence-electron chi connectivity index (χ4n) is 2.66. The highest BCUT2D eigenvalue weighted by molar-refractivity contribution is 7.18. The van der Waals surface area contributed by atoms with E-state index in [4.69, 9.17) is 0 Å². The normalized spacial score (nSPS) is 12.4. The molecule has 1 aromatic carbocycles. The predicted octanol–water partition coefficient (Wildman–Crippen LogP) is 3.47. The molecule has 0 atom stereocenters. The van der Waals surface area contributed by atoms with Crippen LogP contribution in [-0.4, -0.2) is 46.9 Å². The lowest BCUT2D eigenvalue weighted by molar-refractivity contribution is 0.221. The van der Waals surface area contributed by atoms with E-state index >= 15 is 0 Å². The molecule has 142 valence electrons. The minimum Gasteiger partial charge on any atom is -0.395 e. The van der Waals surface area contributed by atoms with Crippen LogP contribution in [-0.2, 0) is 12.0 Å². The molecule has 2 heterocycles. The molecule has 27 heavy (non-hydrogen) atoms. The fourth-order valence-corrected chi connectivity index (χ4v) is 3.75. The second-order valence-corrected chi connectivity index (χ2v) is 8.48. The minimum absolute atomic E-state index is 0.0808. The molecule has 0 aliphatic carbocycles. The number of anilines is 1. The Morgan fingerprint density at radius 3 is 2.81 bits per heavy atom. The summed E-state index contributed by atoms with van der Waals surface area (Å²) in [5.41, 5.74) is 4.99. The molecular formula is C20H25N5OS. The molecule has 0 amide bonds. The number of nitrogens with one attached hydrogen (secondary N) is 1. The zero-order valence-electron chi connectivity index (χ0n) is 16.1. The van der Waals surface area contributed by atoms with Gasteiger partial charge in [-0.2, -0.15) is 5.10 Å². The van der Waals surface area contributed by atoms with E-state index in [1.807, 2.05) is 32.0 Å². The number of aliphatic hydroxyl groups is 1.